The van der Waals surface area contributed by atoms with Crippen LogP contribution in [0.2, 0.25) is 0 Å². The summed E-state index contributed by atoms with van der Waals surface area (Å²) in [6.45, 7) is -0.634. The summed E-state index contributed by atoms with van der Waals surface area (Å²) in [6.07, 6.45) is -1.96. The number of halogens is 3. The highest BCUT2D eigenvalue weighted by atomic mass is 19.4. The van der Waals surface area contributed by atoms with E-state index < -0.39 is 30.2 Å². The molecule has 0 saturated heterocycles. The molecule has 1 heterocycles. The fourth-order valence-corrected chi connectivity index (χ4v) is 2.48. The molecule has 2 aromatic carbocycles. The highest BCUT2D eigenvalue weighted by Crippen LogP contribution is 2.30. The van der Waals surface area contributed by atoms with Gasteiger partial charge in [-0.05, 0) is 36.4 Å². The Morgan fingerprint density at radius 3 is 2.62 bits per heavy atom. The third-order valence-electron chi connectivity index (χ3n) is 3.83. The fourth-order valence-electron chi connectivity index (χ4n) is 2.48. The number of carbonyl (C=O) groups is 2. The standard InChI is InChI=1S/C21H15F3N2O3/c22-21(23,24)15-5-3-6-17(12-15)26-19(27)13-29-20(28)11-10-16-9-8-14-4-1-2-7-18(14)25-16/h1-12H,13H2,(H,26,27)/b11-10+. The molecule has 29 heavy (non-hydrogen) atoms. The number of hydrogen-bond acceptors (Lipinski definition) is 4. The van der Waals surface area contributed by atoms with Crippen molar-refractivity contribution in [1.29, 1.82) is 0 Å². The van der Waals surface area contributed by atoms with Gasteiger partial charge in [-0.15, -0.1) is 0 Å². The van der Waals surface area contributed by atoms with Crippen LogP contribution in [0.25, 0.3) is 17.0 Å². The van der Waals surface area contributed by atoms with Gasteiger partial charge in [0.25, 0.3) is 5.91 Å². The van der Waals surface area contributed by atoms with Gasteiger partial charge in [0.05, 0.1) is 16.8 Å². The minimum atomic E-state index is -4.52. The van der Waals surface area contributed by atoms with Gasteiger partial charge < -0.3 is 10.1 Å². The summed E-state index contributed by atoms with van der Waals surface area (Å²) < 4.78 is 42.8. The predicted molar refractivity (Wildman–Crippen MR) is 102 cm³/mol. The number of alkyl halides is 3. The summed E-state index contributed by atoms with van der Waals surface area (Å²) in [4.78, 5) is 27.9. The molecule has 1 aromatic heterocycles. The predicted octanol–water partition coefficient (Wildman–Crippen LogP) is 4.45. The van der Waals surface area contributed by atoms with Crippen LogP contribution in [0.15, 0.2) is 66.7 Å². The number of nitrogens with zero attached hydrogens (tertiary/aromatic N) is 1. The first-order valence-electron chi connectivity index (χ1n) is 8.49. The smallest absolute Gasteiger partial charge is 0.416 e. The number of hydrogen-bond donors (Lipinski definition) is 1. The van der Waals surface area contributed by atoms with Gasteiger partial charge >= 0.3 is 12.1 Å². The minimum absolute atomic E-state index is 0.0446. The van der Waals surface area contributed by atoms with Crippen molar-refractivity contribution in [1.82, 2.24) is 4.98 Å². The lowest BCUT2D eigenvalue weighted by Crippen LogP contribution is -2.20. The SMILES string of the molecule is O=C(COC(=O)/C=C/c1ccc2ccccc2n1)Nc1cccc(C(F)(F)F)c1. The van der Waals surface area contributed by atoms with Gasteiger partial charge in [-0.2, -0.15) is 13.2 Å². The molecule has 0 spiro atoms. The van der Waals surface area contributed by atoms with Gasteiger partial charge in [0.2, 0.25) is 0 Å². The van der Waals surface area contributed by atoms with Gasteiger partial charge in [-0.3, -0.25) is 4.79 Å². The van der Waals surface area contributed by atoms with E-state index in [2.05, 4.69) is 10.3 Å². The summed E-state index contributed by atoms with van der Waals surface area (Å²) >= 11 is 0. The Kier molecular flexibility index (Phi) is 5.92. The molecule has 0 bridgehead atoms. The van der Waals surface area contributed by atoms with Crippen LogP contribution >= 0.6 is 0 Å². The Labute approximate surface area is 163 Å². The number of anilines is 1. The molecule has 0 saturated carbocycles. The number of aromatic nitrogens is 1. The molecule has 8 heteroatoms. The number of amides is 1. The van der Waals surface area contributed by atoms with Gasteiger partial charge in [-0.25, -0.2) is 9.78 Å². The maximum atomic E-state index is 12.7. The first kappa shape index (κ1) is 20.1. The second-order valence-corrected chi connectivity index (χ2v) is 6.00. The fraction of sp³-hybridized carbons (Fsp3) is 0.0952. The third kappa shape index (κ3) is 5.65. The first-order chi connectivity index (χ1) is 13.8. The molecule has 0 radical (unpaired) electrons. The number of nitrogens with one attached hydrogen (secondary N) is 1. The van der Waals surface area contributed by atoms with Crippen molar-refractivity contribution in [2.24, 2.45) is 0 Å². The van der Waals surface area contributed by atoms with Crippen molar-refractivity contribution >= 4 is 34.5 Å². The summed E-state index contributed by atoms with van der Waals surface area (Å²) in [5.74, 6) is -1.53. The lowest BCUT2D eigenvalue weighted by Gasteiger charge is -2.09. The summed E-state index contributed by atoms with van der Waals surface area (Å²) in [5.41, 5.74) is 0.368. The van der Waals surface area contributed by atoms with Gasteiger partial charge in [0.1, 0.15) is 0 Å². The lowest BCUT2D eigenvalue weighted by molar-refractivity contribution is -0.142. The normalized spacial score (nSPS) is 11.6. The van der Waals surface area contributed by atoms with E-state index in [1.165, 1.54) is 18.2 Å². The van der Waals surface area contributed by atoms with E-state index in [0.717, 1.165) is 29.1 Å². The van der Waals surface area contributed by atoms with Gasteiger partial charge in [0.15, 0.2) is 6.61 Å². The number of esters is 1. The van der Waals surface area contributed by atoms with Crippen molar-refractivity contribution in [2.75, 3.05) is 11.9 Å². The maximum absolute atomic E-state index is 12.7. The van der Waals surface area contributed by atoms with Crippen molar-refractivity contribution in [3.8, 4) is 0 Å². The second kappa shape index (κ2) is 8.55. The van der Waals surface area contributed by atoms with Crippen molar-refractivity contribution in [3.05, 3.63) is 78.0 Å². The Hall–Kier alpha value is -3.68. The second-order valence-electron chi connectivity index (χ2n) is 6.00. The molecule has 0 aliphatic rings. The Bertz CT molecular complexity index is 1080. The zero-order valence-corrected chi connectivity index (χ0v) is 14.9. The molecule has 0 aliphatic carbocycles. The largest absolute Gasteiger partial charge is 0.452 e. The van der Waals surface area contributed by atoms with Crippen LogP contribution in [0.5, 0.6) is 0 Å². The first-order valence-corrected chi connectivity index (χ1v) is 8.49. The van der Waals surface area contributed by atoms with Crippen LogP contribution in [0.1, 0.15) is 11.3 Å². The Morgan fingerprint density at radius 2 is 1.83 bits per heavy atom. The molecule has 0 aliphatic heterocycles. The number of para-hydroxylation sites is 1. The number of fused-ring (bicyclic) bond motifs is 1. The van der Waals surface area contributed by atoms with Crippen LogP contribution in [-0.2, 0) is 20.5 Å². The highest BCUT2D eigenvalue weighted by molar-refractivity contribution is 5.94. The molecule has 3 aromatic rings. The average Bonchev–Trinajstić information content (AvgIpc) is 2.70. The monoisotopic (exact) mass is 400 g/mol. The van der Waals surface area contributed by atoms with E-state index in [4.69, 9.17) is 4.74 Å². The van der Waals surface area contributed by atoms with Crippen LogP contribution in [0.4, 0.5) is 18.9 Å². The number of ether oxygens (including phenoxy) is 1. The molecule has 1 N–H and O–H groups in total. The minimum Gasteiger partial charge on any atom is -0.452 e. The lowest BCUT2D eigenvalue weighted by atomic mass is 10.2. The van der Waals surface area contributed by atoms with Crippen LogP contribution in [-0.4, -0.2) is 23.5 Å². The van der Waals surface area contributed by atoms with E-state index in [0.29, 0.717) is 5.69 Å². The van der Waals surface area contributed by atoms with E-state index in [9.17, 15) is 22.8 Å². The molecule has 3 rings (SSSR count). The Balaban J connectivity index is 1.53. The molecule has 5 nitrogen and oxygen atoms in total. The average molecular weight is 400 g/mol. The third-order valence-corrected chi connectivity index (χ3v) is 3.83. The number of benzene rings is 2. The Morgan fingerprint density at radius 1 is 1.03 bits per heavy atom. The van der Waals surface area contributed by atoms with Crippen molar-refractivity contribution < 1.29 is 27.5 Å². The molecular weight excluding hydrogens is 385 g/mol. The van der Waals surface area contributed by atoms with Crippen molar-refractivity contribution in [3.63, 3.8) is 0 Å². The molecule has 0 fully saturated rings. The van der Waals surface area contributed by atoms with E-state index in [-0.39, 0.29) is 5.69 Å². The number of carbonyl (C=O) groups excluding carboxylic acids is 2. The van der Waals surface area contributed by atoms with Crippen LogP contribution in [0, 0.1) is 0 Å². The molecule has 0 unspecified atom stereocenters. The van der Waals surface area contributed by atoms with Gasteiger partial charge in [-0.1, -0.05) is 30.3 Å². The van der Waals surface area contributed by atoms with Crippen molar-refractivity contribution in [2.45, 2.75) is 6.18 Å². The summed E-state index contributed by atoms with van der Waals surface area (Å²) in [6, 6.07) is 15.2. The van der Waals surface area contributed by atoms with E-state index in [1.54, 1.807) is 6.07 Å². The zero-order valence-electron chi connectivity index (χ0n) is 14.9. The molecule has 148 valence electrons. The summed E-state index contributed by atoms with van der Waals surface area (Å²) in [7, 11) is 0. The van der Waals surface area contributed by atoms with E-state index in [1.807, 2.05) is 30.3 Å². The molecule has 0 atom stereocenters. The highest BCUT2D eigenvalue weighted by Gasteiger charge is 2.30. The topological polar surface area (TPSA) is 68.3 Å². The summed E-state index contributed by atoms with van der Waals surface area (Å²) in [5, 5.41) is 3.21. The van der Waals surface area contributed by atoms with Gasteiger partial charge in [0, 0.05) is 17.1 Å². The molecule has 1 amide bonds. The van der Waals surface area contributed by atoms with Crippen LogP contribution < -0.4 is 5.32 Å². The molecular formula is C21H15F3N2O3. The number of pyridine rings is 1. The van der Waals surface area contributed by atoms with E-state index >= 15 is 0 Å². The quantitative estimate of drug-likeness (QED) is 0.508. The van der Waals surface area contributed by atoms with Crippen LogP contribution in [0.3, 0.4) is 0 Å². The maximum Gasteiger partial charge on any atom is 0.416 e. The number of rotatable bonds is 5. The zero-order chi connectivity index (χ0) is 20.9.